The summed E-state index contributed by atoms with van der Waals surface area (Å²) in [6.45, 7) is 2.06. The molecule has 0 amide bonds. The Kier molecular flexibility index (Phi) is 2.94. The molecule has 2 atom stereocenters. The lowest BCUT2D eigenvalue weighted by molar-refractivity contribution is -0.137. The van der Waals surface area contributed by atoms with Gasteiger partial charge in [-0.05, 0) is 17.7 Å². The predicted octanol–water partition coefficient (Wildman–Crippen LogP) is 3.39. The number of hydrogen-bond donors (Lipinski definition) is 1. The lowest BCUT2D eigenvalue weighted by Gasteiger charge is -2.12. The molecule has 1 aliphatic heterocycles. The quantitative estimate of drug-likeness (QED) is 0.864. The first kappa shape index (κ1) is 10.8. The number of rotatable bonds is 2. The molecule has 2 rings (SSSR count). The van der Waals surface area contributed by atoms with Crippen LogP contribution < -0.4 is 0 Å². The number of carboxylic acids is 1. The third-order valence-electron chi connectivity index (χ3n) is 2.65. The summed E-state index contributed by atoms with van der Waals surface area (Å²) in [6, 6.07) is 5.69. The van der Waals surface area contributed by atoms with Gasteiger partial charge in [0.15, 0.2) is 0 Å². The Morgan fingerprint density at radius 3 is 3.00 bits per heavy atom. The lowest BCUT2D eigenvalue weighted by Crippen LogP contribution is -2.11. The van der Waals surface area contributed by atoms with Crippen molar-refractivity contribution in [1.82, 2.24) is 0 Å². The largest absolute Gasteiger partial charge is 0.481 e. The minimum atomic E-state index is -0.741. The van der Waals surface area contributed by atoms with Gasteiger partial charge in [0.05, 0.1) is 6.42 Å². The highest BCUT2D eigenvalue weighted by molar-refractivity contribution is 8.00. The Bertz CT molecular complexity index is 406. The van der Waals surface area contributed by atoms with Crippen LogP contribution in [0, 0.1) is 0 Å². The predicted molar refractivity (Wildman–Crippen MR) is 61.8 cm³/mol. The van der Waals surface area contributed by atoms with Crippen molar-refractivity contribution in [1.29, 1.82) is 0 Å². The normalized spacial score (nSPS) is 23.9. The van der Waals surface area contributed by atoms with E-state index < -0.39 is 5.97 Å². The van der Waals surface area contributed by atoms with E-state index >= 15 is 0 Å². The zero-order chi connectivity index (χ0) is 11.0. The van der Waals surface area contributed by atoms with E-state index in [-0.39, 0.29) is 12.3 Å². The van der Waals surface area contributed by atoms with Crippen LogP contribution in [0.2, 0.25) is 5.02 Å². The maximum Gasteiger partial charge on any atom is 0.304 e. The maximum atomic E-state index is 10.7. The molecule has 0 spiro atoms. The number of hydrogen-bond acceptors (Lipinski definition) is 2. The van der Waals surface area contributed by atoms with Gasteiger partial charge in [0, 0.05) is 21.1 Å². The van der Waals surface area contributed by atoms with Gasteiger partial charge in [-0.25, -0.2) is 0 Å². The number of fused-ring (bicyclic) bond motifs is 1. The molecule has 1 aromatic carbocycles. The molecular formula is C11H11ClO2S. The average molecular weight is 243 g/mol. The number of thioether (sulfide) groups is 1. The van der Waals surface area contributed by atoms with Crippen molar-refractivity contribution in [3.05, 3.63) is 28.8 Å². The summed E-state index contributed by atoms with van der Waals surface area (Å²) in [4.78, 5) is 11.9. The third kappa shape index (κ3) is 2.13. The van der Waals surface area contributed by atoms with Crippen LogP contribution in [-0.4, -0.2) is 16.3 Å². The Morgan fingerprint density at radius 2 is 2.33 bits per heavy atom. The molecule has 0 fully saturated rings. The first-order chi connectivity index (χ1) is 7.08. The molecule has 0 aromatic heterocycles. The highest BCUT2D eigenvalue weighted by atomic mass is 35.5. The number of carbonyl (C=O) groups is 1. The number of aliphatic carboxylic acids is 1. The molecule has 1 N–H and O–H groups in total. The summed E-state index contributed by atoms with van der Waals surface area (Å²) in [5, 5.41) is 9.86. The monoisotopic (exact) mass is 242 g/mol. The summed E-state index contributed by atoms with van der Waals surface area (Å²) in [7, 11) is 0. The van der Waals surface area contributed by atoms with E-state index in [0.717, 1.165) is 10.5 Å². The fraction of sp³-hybridized carbons (Fsp3) is 0.364. The molecule has 1 aromatic rings. The molecular weight excluding hydrogens is 232 g/mol. The van der Waals surface area contributed by atoms with Crippen molar-refractivity contribution in [3.63, 3.8) is 0 Å². The van der Waals surface area contributed by atoms with E-state index in [1.165, 1.54) is 0 Å². The lowest BCUT2D eigenvalue weighted by atomic mass is 9.93. The first-order valence-corrected chi connectivity index (χ1v) is 6.01. The van der Waals surface area contributed by atoms with Crippen LogP contribution in [0.25, 0.3) is 0 Å². The van der Waals surface area contributed by atoms with Gasteiger partial charge in [-0.2, -0.15) is 0 Å². The number of benzene rings is 1. The van der Waals surface area contributed by atoms with Crippen LogP contribution in [-0.2, 0) is 4.79 Å². The van der Waals surface area contributed by atoms with E-state index in [2.05, 4.69) is 6.92 Å². The van der Waals surface area contributed by atoms with Gasteiger partial charge in [-0.3, -0.25) is 4.79 Å². The molecule has 0 radical (unpaired) electrons. The summed E-state index contributed by atoms with van der Waals surface area (Å²) in [6.07, 6.45) is 0.197. The standard InChI is InChI=1S/C11H11ClO2S/c1-6-9(5-11(13)14)8-3-2-7(12)4-10(8)15-6/h2-4,6,9H,5H2,1H3,(H,13,14). The summed E-state index contributed by atoms with van der Waals surface area (Å²) < 4.78 is 0. The summed E-state index contributed by atoms with van der Waals surface area (Å²) in [5.41, 5.74) is 1.12. The molecule has 0 bridgehead atoms. The SMILES string of the molecule is CC1Sc2cc(Cl)ccc2C1CC(=O)O. The summed E-state index contributed by atoms with van der Waals surface area (Å²) in [5.74, 6) is -0.630. The summed E-state index contributed by atoms with van der Waals surface area (Å²) >= 11 is 7.60. The van der Waals surface area contributed by atoms with Crippen LogP contribution in [0.5, 0.6) is 0 Å². The molecule has 4 heteroatoms. The second-order valence-corrected chi connectivity index (χ2v) is 5.57. The van der Waals surface area contributed by atoms with Crippen LogP contribution in [0.4, 0.5) is 0 Å². The molecule has 15 heavy (non-hydrogen) atoms. The zero-order valence-electron chi connectivity index (χ0n) is 8.24. The first-order valence-electron chi connectivity index (χ1n) is 4.76. The molecule has 1 heterocycles. The van der Waals surface area contributed by atoms with Crippen molar-refractivity contribution in [2.24, 2.45) is 0 Å². The van der Waals surface area contributed by atoms with Crippen molar-refractivity contribution in [2.45, 2.75) is 29.4 Å². The Morgan fingerprint density at radius 1 is 1.60 bits per heavy atom. The Balaban J connectivity index is 2.33. The smallest absolute Gasteiger partial charge is 0.304 e. The van der Waals surface area contributed by atoms with E-state index in [1.54, 1.807) is 11.8 Å². The number of halogens is 1. The van der Waals surface area contributed by atoms with Gasteiger partial charge >= 0.3 is 5.97 Å². The molecule has 2 unspecified atom stereocenters. The van der Waals surface area contributed by atoms with Gasteiger partial charge < -0.3 is 5.11 Å². The van der Waals surface area contributed by atoms with E-state index in [0.29, 0.717) is 10.3 Å². The average Bonchev–Trinajstić information content (AvgIpc) is 2.41. The van der Waals surface area contributed by atoms with Gasteiger partial charge in [-0.1, -0.05) is 24.6 Å². The maximum absolute atomic E-state index is 10.7. The van der Waals surface area contributed by atoms with Crippen molar-refractivity contribution < 1.29 is 9.90 Å². The van der Waals surface area contributed by atoms with E-state index in [9.17, 15) is 4.79 Å². The molecule has 0 saturated heterocycles. The molecule has 80 valence electrons. The van der Waals surface area contributed by atoms with Crippen LogP contribution >= 0.6 is 23.4 Å². The minimum Gasteiger partial charge on any atom is -0.481 e. The third-order valence-corrected chi connectivity index (χ3v) is 4.19. The van der Waals surface area contributed by atoms with Crippen LogP contribution in [0.3, 0.4) is 0 Å². The van der Waals surface area contributed by atoms with Gasteiger partial charge in [-0.15, -0.1) is 11.8 Å². The fourth-order valence-electron chi connectivity index (χ4n) is 1.92. The highest BCUT2D eigenvalue weighted by Crippen LogP contribution is 2.47. The number of carboxylic acid groups (broad SMARTS) is 1. The molecule has 2 nitrogen and oxygen atoms in total. The highest BCUT2D eigenvalue weighted by Gasteiger charge is 2.31. The van der Waals surface area contributed by atoms with Crippen molar-refractivity contribution in [2.75, 3.05) is 0 Å². The molecule has 0 saturated carbocycles. The van der Waals surface area contributed by atoms with Crippen LogP contribution in [0.1, 0.15) is 24.8 Å². The zero-order valence-corrected chi connectivity index (χ0v) is 9.81. The van der Waals surface area contributed by atoms with Gasteiger partial charge in [0.2, 0.25) is 0 Å². The topological polar surface area (TPSA) is 37.3 Å². The second-order valence-electron chi connectivity index (χ2n) is 3.71. The second kappa shape index (κ2) is 4.06. The molecule has 0 aliphatic carbocycles. The van der Waals surface area contributed by atoms with Crippen molar-refractivity contribution >= 4 is 29.3 Å². The minimum absolute atomic E-state index is 0.111. The van der Waals surface area contributed by atoms with Crippen molar-refractivity contribution in [3.8, 4) is 0 Å². The van der Waals surface area contributed by atoms with Gasteiger partial charge in [0.25, 0.3) is 0 Å². The van der Waals surface area contributed by atoms with Crippen LogP contribution in [0.15, 0.2) is 23.1 Å². The fourth-order valence-corrected chi connectivity index (χ4v) is 3.51. The van der Waals surface area contributed by atoms with E-state index in [4.69, 9.17) is 16.7 Å². The molecule has 1 aliphatic rings. The Hall–Kier alpha value is -0.670. The van der Waals surface area contributed by atoms with Gasteiger partial charge in [0.1, 0.15) is 0 Å². The van der Waals surface area contributed by atoms with E-state index in [1.807, 2.05) is 18.2 Å². The Labute approximate surface area is 97.6 Å².